The van der Waals surface area contributed by atoms with E-state index in [2.05, 4.69) is 10.3 Å². The summed E-state index contributed by atoms with van der Waals surface area (Å²) in [4.78, 5) is 16.3. The van der Waals surface area contributed by atoms with Gasteiger partial charge in [-0.2, -0.15) is 13.2 Å². The maximum absolute atomic E-state index is 12.7. The van der Waals surface area contributed by atoms with E-state index in [4.69, 9.17) is 17.3 Å². The van der Waals surface area contributed by atoms with Crippen molar-refractivity contribution >= 4 is 34.7 Å². The average molecular weight is 356 g/mol. The zero-order valence-corrected chi connectivity index (χ0v) is 13.0. The number of benzene rings is 2. The maximum atomic E-state index is 12.7. The zero-order chi connectivity index (χ0) is 17.7. The summed E-state index contributed by atoms with van der Waals surface area (Å²) in [6.07, 6.45) is -4.49. The number of nitrogens with zero attached hydrogens (tertiary/aromatic N) is 1. The van der Waals surface area contributed by atoms with Gasteiger partial charge in [0.05, 0.1) is 22.7 Å². The lowest BCUT2D eigenvalue weighted by Crippen LogP contribution is -2.15. The Balaban J connectivity index is 2.28. The van der Waals surface area contributed by atoms with E-state index in [1.165, 1.54) is 18.2 Å². The minimum Gasteiger partial charge on any atom is -0.386 e. The Bertz CT molecular complexity index is 775. The number of alkyl halides is 4. The SMILES string of the molecule is NC(CCl)=Nc1ccccc1C(=O)Nc1cccc(C(F)(F)F)c1. The number of nitrogens with one attached hydrogen (secondary N) is 1. The molecule has 0 aliphatic rings. The fraction of sp³-hybridized carbons (Fsp3) is 0.125. The van der Waals surface area contributed by atoms with Crippen molar-refractivity contribution in [2.45, 2.75) is 6.18 Å². The molecule has 0 saturated heterocycles. The van der Waals surface area contributed by atoms with Crippen LogP contribution in [-0.4, -0.2) is 17.6 Å². The number of hydrogen-bond acceptors (Lipinski definition) is 2. The van der Waals surface area contributed by atoms with Crippen LogP contribution in [0.1, 0.15) is 15.9 Å². The Kier molecular flexibility index (Phi) is 5.46. The number of amidine groups is 1. The molecular formula is C16H13ClF3N3O. The standard InChI is InChI=1S/C16H13ClF3N3O/c17-9-14(21)23-13-7-2-1-6-12(13)15(24)22-11-5-3-4-10(8-11)16(18,19)20/h1-8H,9H2,(H2,21,23)(H,22,24). The topological polar surface area (TPSA) is 67.5 Å². The van der Waals surface area contributed by atoms with Crippen LogP contribution in [0.5, 0.6) is 0 Å². The highest BCUT2D eigenvalue weighted by atomic mass is 35.5. The lowest BCUT2D eigenvalue weighted by Gasteiger charge is -2.11. The summed E-state index contributed by atoms with van der Waals surface area (Å²) < 4.78 is 38.2. The smallest absolute Gasteiger partial charge is 0.386 e. The number of anilines is 1. The van der Waals surface area contributed by atoms with Crippen molar-refractivity contribution in [2.24, 2.45) is 10.7 Å². The third-order valence-corrected chi connectivity index (χ3v) is 3.27. The largest absolute Gasteiger partial charge is 0.416 e. The number of carbonyl (C=O) groups excluding carboxylic acids is 1. The quantitative estimate of drug-likeness (QED) is 0.490. The van der Waals surface area contributed by atoms with Gasteiger partial charge in [-0.1, -0.05) is 18.2 Å². The number of hydrogen-bond donors (Lipinski definition) is 2. The minimum atomic E-state index is -4.49. The van der Waals surface area contributed by atoms with Crippen LogP contribution in [0.4, 0.5) is 24.5 Å². The van der Waals surface area contributed by atoms with Crippen molar-refractivity contribution < 1.29 is 18.0 Å². The molecule has 2 aromatic carbocycles. The molecule has 2 aromatic rings. The van der Waals surface area contributed by atoms with Gasteiger partial charge in [-0.05, 0) is 30.3 Å². The summed E-state index contributed by atoms with van der Waals surface area (Å²) in [7, 11) is 0. The van der Waals surface area contributed by atoms with E-state index in [0.29, 0.717) is 0 Å². The number of para-hydroxylation sites is 1. The van der Waals surface area contributed by atoms with Crippen molar-refractivity contribution in [3.63, 3.8) is 0 Å². The Labute approximate surface area is 141 Å². The van der Waals surface area contributed by atoms with Crippen LogP contribution in [0.25, 0.3) is 0 Å². The average Bonchev–Trinajstić information content (AvgIpc) is 2.54. The van der Waals surface area contributed by atoms with Crippen molar-refractivity contribution in [1.82, 2.24) is 0 Å². The van der Waals surface area contributed by atoms with Crippen LogP contribution >= 0.6 is 11.6 Å². The molecule has 0 unspecified atom stereocenters. The highest BCUT2D eigenvalue weighted by Crippen LogP contribution is 2.31. The summed E-state index contributed by atoms with van der Waals surface area (Å²) in [6.45, 7) is 0. The Hall–Kier alpha value is -2.54. The molecule has 0 spiro atoms. The van der Waals surface area contributed by atoms with Crippen molar-refractivity contribution in [3.8, 4) is 0 Å². The molecule has 126 valence electrons. The van der Waals surface area contributed by atoms with Crippen molar-refractivity contribution in [1.29, 1.82) is 0 Å². The van der Waals surface area contributed by atoms with Gasteiger partial charge in [0.15, 0.2) is 0 Å². The second kappa shape index (κ2) is 7.35. The van der Waals surface area contributed by atoms with Gasteiger partial charge in [0, 0.05) is 5.69 Å². The van der Waals surface area contributed by atoms with Gasteiger partial charge >= 0.3 is 6.18 Å². The van der Waals surface area contributed by atoms with Gasteiger partial charge in [0.2, 0.25) is 0 Å². The predicted octanol–water partition coefficient (Wildman–Crippen LogP) is 4.19. The van der Waals surface area contributed by atoms with E-state index < -0.39 is 17.6 Å². The number of aliphatic imine (C=N–C) groups is 1. The van der Waals surface area contributed by atoms with Gasteiger partial charge < -0.3 is 11.1 Å². The molecular weight excluding hydrogens is 343 g/mol. The van der Waals surface area contributed by atoms with Crippen molar-refractivity contribution in [3.05, 3.63) is 59.7 Å². The number of rotatable bonds is 4. The molecule has 0 radical (unpaired) electrons. The molecule has 0 heterocycles. The summed E-state index contributed by atoms with van der Waals surface area (Å²) in [6, 6.07) is 10.7. The monoisotopic (exact) mass is 355 g/mol. The first-order valence-electron chi connectivity index (χ1n) is 6.78. The van der Waals surface area contributed by atoms with Crippen LogP contribution in [-0.2, 0) is 6.18 Å². The third-order valence-electron chi connectivity index (χ3n) is 3.00. The van der Waals surface area contributed by atoms with Crippen molar-refractivity contribution in [2.75, 3.05) is 11.2 Å². The van der Waals surface area contributed by atoms with E-state index in [9.17, 15) is 18.0 Å². The van der Waals surface area contributed by atoms with Gasteiger partial charge in [0.25, 0.3) is 5.91 Å². The Morgan fingerprint density at radius 1 is 1.17 bits per heavy atom. The second-order valence-corrected chi connectivity index (χ2v) is 5.05. The highest BCUT2D eigenvalue weighted by molar-refractivity contribution is 6.28. The zero-order valence-electron chi connectivity index (χ0n) is 12.3. The fourth-order valence-corrected chi connectivity index (χ4v) is 1.98. The molecule has 3 N–H and O–H groups in total. The lowest BCUT2D eigenvalue weighted by molar-refractivity contribution is -0.137. The fourth-order valence-electron chi connectivity index (χ4n) is 1.92. The normalized spacial score (nSPS) is 12.1. The van der Waals surface area contributed by atoms with Crippen LogP contribution in [0, 0.1) is 0 Å². The van der Waals surface area contributed by atoms with Gasteiger partial charge in [-0.15, -0.1) is 11.6 Å². The first kappa shape index (κ1) is 17.8. The lowest BCUT2D eigenvalue weighted by atomic mass is 10.1. The van der Waals surface area contributed by atoms with Crippen LogP contribution in [0.15, 0.2) is 53.5 Å². The molecule has 4 nitrogen and oxygen atoms in total. The minimum absolute atomic E-state index is 0.0103. The van der Waals surface area contributed by atoms with Gasteiger partial charge in [-0.25, -0.2) is 4.99 Å². The number of carbonyl (C=O) groups is 1. The van der Waals surface area contributed by atoms with Crippen LogP contribution in [0.2, 0.25) is 0 Å². The molecule has 0 fully saturated rings. The van der Waals surface area contributed by atoms with E-state index in [0.717, 1.165) is 12.1 Å². The number of halogens is 4. The van der Waals surface area contributed by atoms with E-state index in [1.54, 1.807) is 18.2 Å². The van der Waals surface area contributed by atoms with Crippen LogP contribution in [0.3, 0.4) is 0 Å². The molecule has 0 aliphatic heterocycles. The summed E-state index contributed by atoms with van der Waals surface area (Å²) in [5.41, 5.74) is 5.18. The summed E-state index contributed by atoms with van der Waals surface area (Å²) in [5, 5.41) is 2.42. The molecule has 0 atom stereocenters. The Morgan fingerprint density at radius 2 is 1.88 bits per heavy atom. The van der Waals surface area contributed by atoms with Gasteiger partial charge in [0.1, 0.15) is 5.84 Å². The maximum Gasteiger partial charge on any atom is 0.416 e. The molecule has 8 heteroatoms. The molecule has 0 aliphatic carbocycles. The van der Waals surface area contributed by atoms with Crippen LogP contribution < -0.4 is 11.1 Å². The predicted molar refractivity (Wildman–Crippen MR) is 87.8 cm³/mol. The molecule has 1 amide bonds. The third kappa shape index (κ3) is 4.48. The molecule has 24 heavy (non-hydrogen) atoms. The highest BCUT2D eigenvalue weighted by Gasteiger charge is 2.30. The summed E-state index contributed by atoms with van der Waals surface area (Å²) >= 11 is 5.56. The van der Waals surface area contributed by atoms with Gasteiger partial charge in [-0.3, -0.25) is 4.79 Å². The summed E-state index contributed by atoms with van der Waals surface area (Å²) in [5.74, 6) is -0.490. The first-order chi connectivity index (χ1) is 11.3. The number of nitrogens with two attached hydrogens (primary N) is 1. The van der Waals surface area contributed by atoms with E-state index in [1.807, 2.05) is 0 Å². The first-order valence-corrected chi connectivity index (χ1v) is 7.31. The van der Waals surface area contributed by atoms with E-state index >= 15 is 0 Å². The van der Waals surface area contributed by atoms with E-state index in [-0.39, 0.29) is 28.7 Å². The molecule has 2 rings (SSSR count). The number of amides is 1. The molecule has 0 aromatic heterocycles. The second-order valence-electron chi connectivity index (χ2n) is 4.79. The Morgan fingerprint density at radius 3 is 2.54 bits per heavy atom. The molecule has 0 saturated carbocycles. The molecule has 0 bridgehead atoms.